The van der Waals surface area contributed by atoms with Gasteiger partial charge in [0.15, 0.2) is 21.3 Å². The van der Waals surface area contributed by atoms with Crippen molar-refractivity contribution in [2.45, 2.75) is 17.6 Å². The number of fused-ring (bicyclic) bond motifs is 3. The summed E-state index contributed by atoms with van der Waals surface area (Å²) < 4.78 is 70.5. The molecular weight excluding hydrogens is 437 g/mol. The molecule has 164 valence electrons. The number of alkyl halides is 3. The second-order valence-electron chi connectivity index (χ2n) is 6.82. The molecule has 13 heteroatoms. The molecule has 0 fully saturated rings. The Bertz CT molecular complexity index is 1380. The quantitative estimate of drug-likeness (QED) is 0.460. The first-order valence-corrected chi connectivity index (χ1v) is 10.8. The van der Waals surface area contributed by atoms with Crippen LogP contribution in [0.2, 0.25) is 0 Å². The van der Waals surface area contributed by atoms with E-state index in [0.717, 1.165) is 17.1 Å². The molecule has 0 spiro atoms. The van der Waals surface area contributed by atoms with Crippen molar-refractivity contribution in [3.8, 4) is 0 Å². The molecule has 0 unspecified atom stereocenters. The highest BCUT2D eigenvalue weighted by Gasteiger charge is 2.38. The number of sulfone groups is 1. The Labute approximate surface area is 174 Å². The molecule has 0 amide bonds. The van der Waals surface area contributed by atoms with Crippen molar-refractivity contribution < 1.29 is 26.3 Å². The summed E-state index contributed by atoms with van der Waals surface area (Å²) >= 11 is 0. The van der Waals surface area contributed by atoms with Gasteiger partial charge in [-0.25, -0.2) is 13.4 Å². The molecule has 31 heavy (non-hydrogen) atoms. The molecule has 0 bridgehead atoms. The molecular formula is C18H17F3N6O3S. The molecule has 3 heterocycles. The summed E-state index contributed by atoms with van der Waals surface area (Å²) in [6, 6.07) is 4.35. The SMILES string of the molecule is COCCn1ncc(Nc2nc3ccc(S(C)(=O)=O)cc3c3cn[nH]c23)c1C(F)(F)F. The Hall–Kier alpha value is -3.19. The van der Waals surface area contributed by atoms with Crippen molar-refractivity contribution in [2.75, 3.05) is 25.3 Å². The van der Waals surface area contributed by atoms with Gasteiger partial charge in [0.25, 0.3) is 0 Å². The van der Waals surface area contributed by atoms with Crippen LogP contribution in [-0.4, -0.2) is 53.4 Å². The summed E-state index contributed by atoms with van der Waals surface area (Å²) in [7, 11) is -2.06. The van der Waals surface area contributed by atoms with Crippen LogP contribution in [0.25, 0.3) is 21.8 Å². The topological polar surface area (TPSA) is 115 Å². The number of nitrogens with one attached hydrogen (secondary N) is 2. The van der Waals surface area contributed by atoms with Gasteiger partial charge in [-0.3, -0.25) is 9.78 Å². The lowest BCUT2D eigenvalue weighted by Crippen LogP contribution is -2.18. The third-order valence-corrected chi connectivity index (χ3v) is 5.77. The predicted molar refractivity (Wildman–Crippen MR) is 107 cm³/mol. The van der Waals surface area contributed by atoms with Crippen molar-refractivity contribution in [1.82, 2.24) is 25.0 Å². The summed E-state index contributed by atoms with van der Waals surface area (Å²) in [6.07, 6.45) is -1.05. The molecule has 2 N–H and O–H groups in total. The molecule has 3 aromatic heterocycles. The van der Waals surface area contributed by atoms with Gasteiger partial charge in [0.2, 0.25) is 0 Å². The zero-order chi connectivity index (χ0) is 22.4. The standard InChI is InChI=1S/C18H17F3N6O3S/c1-30-6-5-27-16(18(19,20)21)14(9-23-27)25-17-15-12(8-22-26-15)11-7-10(31(2,28)29)3-4-13(11)24-17/h3-4,7-9H,5-6H2,1-2H3,(H,22,26)(H,24,25). The minimum atomic E-state index is -4.67. The molecule has 0 saturated carbocycles. The normalized spacial score (nSPS) is 12.7. The van der Waals surface area contributed by atoms with Crippen molar-refractivity contribution in [3.63, 3.8) is 0 Å². The number of H-pyrrole nitrogens is 1. The lowest BCUT2D eigenvalue weighted by Gasteiger charge is -2.14. The molecule has 0 atom stereocenters. The summed E-state index contributed by atoms with van der Waals surface area (Å²) in [6.45, 7) is -0.0161. The lowest BCUT2D eigenvalue weighted by atomic mass is 10.1. The van der Waals surface area contributed by atoms with E-state index < -0.39 is 21.7 Å². The van der Waals surface area contributed by atoms with E-state index in [-0.39, 0.29) is 29.6 Å². The van der Waals surface area contributed by atoms with Crippen molar-refractivity contribution >= 4 is 43.1 Å². The van der Waals surface area contributed by atoms with Gasteiger partial charge in [-0.1, -0.05) is 0 Å². The van der Waals surface area contributed by atoms with Crippen LogP contribution >= 0.6 is 0 Å². The van der Waals surface area contributed by atoms with Gasteiger partial charge in [-0.2, -0.15) is 23.4 Å². The zero-order valence-electron chi connectivity index (χ0n) is 16.4. The summed E-state index contributed by atoms with van der Waals surface area (Å²) in [5.41, 5.74) is -0.523. The number of aromatic nitrogens is 5. The average Bonchev–Trinajstić information content (AvgIpc) is 3.32. The Kier molecular flexibility index (Phi) is 5.09. The number of ether oxygens (including phenoxy) is 1. The second kappa shape index (κ2) is 7.50. The van der Waals surface area contributed by atoms with E-state index in [1.165, 1.54) is 31.5 Å². The molecule has 0 saturated heterocycles. The Morgan fingerprint density at radius 1 is 1.23 bits per heavy atom. The molecule has 0 aliphatic rings. The minimum absolute atomic E-state index is 0.0614. The molecule has 0 aliphatic heterocycles. The second-order valence-corrected chi connectivity index (χ2v) is 8.83. The number of nitrogens with zero attached hydrogens (tertiary/aromatic N) is 4. The van der Waals surface area contributed by atoms with E-state index in [9.17, 15) is 21.6 Å². The fourth-order valence-electron chi connectivity index (χ4n) is 3.25. The Balaban J connectivity index is 1.84. The molecule has 9 nitrogen and oxygen atoms in total. The average molecular weight is 454 g/mol. The lowest BCUT2D eigenvalue weighted by molar-refractivity contribution is -0.143. The van der Waals surface area contributed by atoms with Crippen LogP contribution in [0.5, 0.6) is 0 Å². The number of halogens is 3. The maximum Gasteiger partial charge on any atom is 0.435 e. The fraction of sp³-hybridized carbons (Fsp3) is 0.278. The van der Waals surface area contributed by atoms with E-state index in [2.05, 4.69) is 25.6 Å². The van der Waals surface area contributed by atoms with Crippen LogP contribution in [0.3, 0.4) is 0 Å². The smallest absolute Gasteiger partial charge is 0.383 e. The van der Waals surface area contributed by atoms with Crippen molar-refractivity contribution in [3.05, 3.63) is 36.3 Å². The predicted octanol–water partition coefficient (Wildman–Crippen LogP) is 3.12. The number of hydrogen-bond acceptors (Lipinski definition) is 7. The van der Waals surface area contributed by atoms with Crippen LogP contribution in [0.4, 0.5) is 24.7 Å². The highest BCUT2D eigenvalue weighted by molar-refractivity contribution is 7.90. The summed E-state index contributed by atoms with van der Waals surface area (Å²) in [5, 5.41) is 14.2. The van der Waals surface area contributed by atoms with Crippen LogP contribution < -0.4 is 5.32 Å². The highest BCUT2D eigenvalue weighted by atomic mass is 32.2. The van der Waals surface area contributed by atoms with E-state index in [4.69, 9.17) is 4.74 Å². The van der Waals surface area contributed by atoms with Gasteiger partial charge in [-0.05, 0) is 18.2 Å². The first-order chi connectivity index (χ1) is 14.6. The largest absolute Gasteiger partial charge is 0.435 e. The van der Waals surface area contributed by atoms with Gasteiger partial charge < -0.3 is 10.1 Å². The number of hydrogen-bond donors (Lipinski definition) is 2. The third kappa shape index (κ3) is 3.93. The number of benzene rings is 1. The molecule has 0 radical (unpaired) electrons. The minimum Gasteiger partial charge on any atom is -0.383 e. The fourth-order valence-corrected chi connectivity index (χ4v) is 3.89. The van der Waals surface area contributed by atoms with Crippen LogP contribution in [0.15, 0.2) is 35.5 Å². The maximum atomic E-state index is 13.7. The monoisotopic (exact) mass is 454 g/mol. The number of anilines is 2. The van der Waals surface area contributed by atoms with Crippen molar-refractivity contribution in [1.29, 1.82) is 0 Å². The van der Waals surface area contributed by atoms with Gasteiger partial charge in [0.1, 0.15) is 5.52 Å². The Morgan fingerprint density at radius 3 is 2.68 bits per heavy atom. The van der Waals surface area contributed by atoms with E-state index in [0.29, 0.717) is 21.8 Å². The van der Waals surface area contributed by atoms with Crippen molar-refractivity contribution in [2.24, 2.45) is 0 Å². The van der Waals surface area contributed by atoms with Gasteiger partial charge in [-0.15, -0.1) is 0 Å². The molecule has 1 aromatic carbocycles. The first kappa shape index (κ1) is 21.1. The van der Waals surface area contributed by atoms with Crippen LogP contribution in [0, 0.1) is 0 Å². The number of rotatable bonds is 6. The molecule has 4 aromatic rings. The van der Waals surface area contributed by atoms with Gasteiger partial charge in [0, 0.05) is 24.1 Å². The van der Waals surface area contributed by atoms with Crippen LogP contribution in [0.1, 0.15) is 5.69 Å². The number of aromatic amines is 1. The maximum absolute atomic E-state index is 13.7. The van der Waals surface area contributed by atoms with E-state index >= 15 is 0 Å². The summed E-state index contributed by atoms with van der Waals surface area (Å²) in [4.78, 5) is 4.48. The summed E-state index contributed by atoms with van der Waals surface area (Å²) in [5.74, 6) is 0.101. The number of pyridine rings is 1. The van der Waals surface area contributed by atoms with E-state index in [1.54, 1.807) is 0 Å². The number of methoxy groups -OCH3 is 1. The molecule has 4 rings (SSSR count). The first-order valence-electron chi connectivity index (χ1n) is 8.95. The van der Waals surface area contributed by atoms with Gasteiger partial charge in [0.05, 0.1) is 41.6 Å². The highest BCUT2D eigenvalue weighted by Crippen LogP contribution is 2.37. The zero-order valence-corrected chi connectivity index (χ0v) is 17.2. The van der Waals surface area contributed by atoms with Crippen LogP contribution in [-0.2, 0) is 27.3 Å². The Morgan fingerprint density at radius 2 is 2.00 bits per heavy atom. The third-order valence-electron chi connectivity index (χ3n) is 4.66. The van der Waals surface area contributed by atoms with Gasteiger partial charge >= 0.3 is 6.18 Å². The van der Waals surface area contributed by atoms with E-state index in [1.807, 2.05) is 0 Å². The molecule has 0 aliphatic carbocycles.